The Morgan fingerprint density at radius 1 is 0.962 bits per heavy atom. The molecule has 0 fully saturated rings. The number of rotatable bonds is 11. The fourth-order valence-electron chi connectivity index (χ4n) is 2.46. The second-order valence-corrected chi connectivity index (χ2v) is 5.74. The van der Waals surface area contributed by atoms with Gasteiger partial charge in [-0.05, 0) is 48.7 Å². The molecule has 0 saturated heterocycles. The minimum absolute atomic E-state index is 0.142. The molecular formula is C21H26O5. The molecule has 5 nitrogen and oxygen atoms in total. The molecule has 0 unspecified atom stereocenters. The van der Waals surface area contributed by atoms with Crippen molar-refractivity contribution < 1.29 is 23.7 Å². The Labute approximate surface area is 155 Å². The van der Waals surface area contributed by atoms with Gasteiger partial charge in [0.15, 0.2) is 13.6 Å². The number of ether oxygens (including phenoxy) is 5. The van der Waals surface area contributed by atoms with Crippen LogP contribution in [0.2, 0.25) is 0 Å². The quantitative estimate of drug-likeness (QED) is 0.341. The monoisotopic (exact) mass is 358 g/mol. The Hall–Kier alpha value is -2.50. The average Bonchev–Trinajstić information content (AvgIpc) is 2.66. The van der Waals surface area contributed by atoms with Gasteiger partial charge in [0, 0.05) is 12.7 Å². The number of hydrogen-bond donors (Lipinski definition) is 0. The summed E-state index contributed by atoms with van der Waals surface area (Å²) in [5, 5.41) is 0. The molecule has 0 aromatic heterocycles. The van der Waals surface area contributed by atoms with Gasteiger partial charge in [0.05, 0.1) is 13.7 Å². The van der Waals surface area contributed by atoms with Crippen molar-refractivity contribution in [3.8, 4) is 17.2 Å². The summed E-state index contributed by atoms with van der Waals surface area (Å²) >= 11 is 0. The third-order valence-corrected chi connectivity index (χ3v) is 3.72. The fraction of sp³-hybridized carbons (Fsp3) is 0.333. The van der Waals surface area contributed by atoms with Crippen molar-refractivity contribution in [1.29, 1.82) is 0 Å². The molecule has 0 amide bonds. The second-order valence-electron chi connectivity index (χ2n) is 5.74. The van der Waals surface area contributed by atoms with Crippen molar-refractivity contribution in [2.24, 2.45) is 0 Å². The molecule has 0 aliphatic rings. The van der Waals surface area contributed by atoms with Crippen molar-refractivity contribution in [2.45, 2.75) is 20.0 Å². The number of allylic oxidation sites excluding steroid dienone is 1. The van der Waals surface area contributed by atoms with E-state index >= 15 is 0 Å². The molecule has 0 bridgehead atoms. The SMILES string of the molecule is C=CCc1c(OCOC)cc(C)cc1OCOCc1ccc(OC)cc1. The van der Waals surface area contributed by atoms with E-state index in [9.17, 15) is 0 Å². The minimum Gasteiger partial charge on any atom is -0.497 e. The van der Waals surface area contributed by atoms with E-state index in [4.69, 9.17) is 23.7 Å². The molecule has 140 valence electrons. The maximum atomic E-state index is 5.84. The largest absolute Gasteiger partial charge is 0.497 e. The zero-order valence-corrected chi connectivity index (χ0v) is 15.6. The first kappa shape index (κ1) is 19.8. The van der Waals surface area contributed by atoms with E-state index in [1.54, 1.807) is 14.2 Å². The lowest BCUT2D eigenvalue weighted by Crippen LogP contribution is -2.07. The Balaban J connectivity index is 1.98. The first-order valence-electron chi connectivity index (χ1n) is 8.37. The summed E-state index contributed by atoms with van der Waals surface area (Å²) in [6.45, 7) is 6.58. The summed E-state index contributed by atoms with van der Waals surface area (Å²) < 4.78 is 27.3. The van der Waals surface area contributed by atoms with Crippen LogP contribution in [0.3, 0.4) is 0 Å². The van der Waals surface area contributed by atoms with E-state index in [2.05, 4.69) is 6.58 Å². The Kier molecular flexibility index (Phi) is 7.99. The minimum atomic E-state index is 0.142. The van der Waals surface area contributed by atoms with Gasteiger partial charge in [0.25, 0.3) is 0 Å². The number of aryl methyl sites for hydroxylation is 1. The van der Waals surface area contributed by atoms with Crippen molar-refractivity contribution in [1.82, 2.24) is 0 Å². The van der Waals surface area contributed by atoms with Crippen molar-refractivity contribution in [3.63, 3.8) is 0 Å². The molecule has 0 N–H and O–H groups in total. The Bertz CT molecular complexity index is 694. The third kappa shape index (κ3) is 5.79. The summed E-state index contributed by atoms with van der Waals surface area (Å²) in [7, 11) is 3.24. The fourth-order valence-corrected chi connectivity index (χ4v) is 2.46. The van der Waals surface area contributed by atoms with Crippen molar-refractivity contribution >= 4 is 0 Å². The molecule has 5 heteroatoms. The highest BCUT2D eigenvalue weighted by molar-refractivity contribution is 5.48. The van der Waals surface area contributed by atoms with Gasteiger partial charge in [-0.1, -0.05) is 18.2 Å². The lowest BCUT2D eigenvalue weighted by molar-refractivity contribution is 0.00405. The highest BCUT2D eigenvalue weighted by Crippen LogP contribution is 2.31. The van der Waals surface area contributed by atoms with Crippen LogP contribution in [0.4, 0.5) is 0 Å². The molecule has 2 rings (SSSR count). The predicted molar refractivity (Wildman–Crippen MR) is 101 cm³/mol. The summed E-state index contributed by atoms with van der Waals surface area (Å²) in [6, 6.07) is 11.7. The van der Waals surface area contributed by atoms with Crippen LogP contribution in [0.5, 0.6) is 17.2 Å². The molecule has 0 aliphatic heterocycles. The maximum Gasteiger partial charge on any atom is 0.189 e. The first-order chi connectivity index (χ1) is 12.7. The molecule has 0 radical (unpaired) electrons. The van der Waals surface area contributed by atoms with Crippen molar-refractivity contribution in [2.75, 3.05) is 27.8 Å². The lowest BCUT2D eigenvalue weighted by atomic mass is 10.1. The molecule has 26 heavy (non-hydrogen) atoms. The standard InChI is InChI=1S/C21H26O5/c1-5-6-19-20(25-14-22-3)11-16(2)12-21(19)26-15-24-13-17-7-9-18(23-4)10-8-17/h5,7-12H,1,6,13-15H2,2-4H3. The zero-order chi connectivity index (χ0) is 18.8. The number of hydrogen-bond acceptors (Lipinski definition) is 5. The highest BCUT2D eigenvalue weighted by Gasteiger charge is 2.12. The van der Waals surface area contributed by atoms with Gasteiger partial charge >= 0.3 is 0 Å². The molecule has 2 aromatic carbocycles. The topological polar surface area (TPSA) is 46.2 Å². The zero-order valence-electron chi connectivity index (χ0n) is 15.6. The summed E-state index contributed by atoms with van der Waals surface area (Å²) in [5.41, 5.74) is 3.01. The average molecular weight is 358 g/mol. The first-order valence-corrected chi connectivity index (χ1v) is 8.37. The lowest BCUT2D eigenvalue weighted by Gasteiger charge is -2.16. The van der Waals surface area contributed by atoms with Gasteiger partial charge in [-0.2, -0.15) is 0 Å². The van der Waals surface area contributed by atoms with E-state index < -0.39 is 0 Å². The summed E-state index contributed by atoms with van der Waals surface area (Å²) in [5.74, 6) is 2.28. The Morgan fingerprint density at radius 3 is 2.19 bits per heavy atom. The summed E-state index contributed by atoms with van der Waals surface area (Å²) in [6.07, 6.45) is 2.45. The van der Waals surface area contributed by atoms with Gasteiger partial charge in [0.2, 0.25) is 0 Å². The van der Waals surface area contributed by atoms with Gasteiger partial charge in [-0.15, -0.1) is 6.58 Å². The third-order valence-electron chi connectivity index (χ3n) is 3.72. The Morgan fingerprint density at radius 2 is 1.62 bits per heavy atom. The molecule has 2 aromatic rings. The highest BCUT2D eigenvalue weighted by atomic mass is 16.7. The molecule has 0 spiro atoms. The van der Waals surface area contributed by atoms with E-state index in [1.807, 2.05) is 49.4 Å². The second kappa shape index (κ2) is 10.5. The van der Waals surface area contributed by atoms with Gasteiger partial charge in [-0.3, -0.25) is 0 Å². The smallest absolute Gasteiger partial charge is 0.189 e. The van der Waals surface area contributed by atoms with Crippen LogP contribution in [-0.2, 0) is 22.5 Å². The van der Waals surface area contributed by atoms with E-state index in [0.29, 0.717) is 13.0 Å². The van der Waals surface area contributed by atoms with Gasteiger partial charge < -0.3 is 23.7 Å². The van der Waals surface area contributed by atoms with E-state index in [0.717, 1.165) is 33.9 Å². The van der Waals surface area contributed by atoms with Crippen LogP contribution < -0.4 is 14.2 Å². The van der Waals surface area contributed by atoms with E-state index in [-0.39, 0.29) is 13.6 Å². The normalized spacial score (nSPS) is 10.4. The van der Waals surface area contributed by atoms with Gasteiger partial charge in [0.1, 0.15) is 17.2 Å². The van der Waals surface area contributed by atoms with Crippen LogP contribution in [0.1, 0.15) is 16.7 Å². The van der Waals surface area contributed by atoms with Crippen molar-refractivity contribution in [3.05, 3.63) is 65.7 Å². The number of methoxy groups -OCH3 is 2. The van der Waals surface area contributed by atoms with Crippen LogP contribution in [0.15, 0.2) is 49.1 Å². The van der Waals surface area contributed by atoms with Crippen LogP contribution in [0, 0.1) is 6.92 Å². The molecule has 0 saturated carbocycles. The summed E-state index contributed by atoms with van der Waals surface area (Å²) in [4.78, 5) is 0. The molecule has 0 heterocycles. The number of benzene rings is 2. The van der Waals surface area contributed by atoms with E-state index in [1.165, 1.54) is 0 Å². The van der Waals surface area contributed by atoms with Crippen LogP contribution >= 0.6 is 0 Å². The predicted octanol–water partition coefficient (Wildman–Crippen LogP) is 4.27. The van der Waals surface area contributed by atoms with Crippen LogP contribution in [-0.4, -0.2) is 27.8 Å². The van der Waals surface area contributed by atoms with Crippen LogP contribution in [0.25, 0.3) is 0 Å². The molecule has 0 aliphatic carbocycles. The molecule has 0 atom stereocenters. The van der Waals surface area contributed by atoms with Gasteiger partial charge in [-0.25, -0.2) is 0 Å². The molecular weight excluding hydrogens is 332 g/mol. The maximum absolute atomic E-state index is 5.84.